The predicted molar refractivity (Wildman–Crippen MR) is 59.4 cm³/mol. The van der Waals surface area contributed by atoms with Gasteiger partial charge in [-0.05, 0) is 12.8 Å². The minimum Gasteiger partial charge on any atom is -0.396 e. The number of unbranched alkanes of at least 4 members (excludes halogenated alkanes) is 1. The number of hydrogen-bond donors (Lipinski definition) is 2. The lowest BCUT2D eigenvalue weighted by Crippen LogP contribution is -2.40. The number of amidine groups is 1. The summed E-state index contributed by atoms with van der Waals surface area (Å²) < 4.78 is 0. The molecule has 1 amide bonds. The zero-order chi connectivity index (χ0) is 11.5. The van der Waals surface area contributed by atoms with Crippen molar-refractivity contribution in [1.29, 1.82) is 0 Å². The zero-order valence-corrected chi connectivity index (χ0v) is 8.70. The number of nitrogens with two attached hydrogens (primary N) is 1. The number of amides is 1. The maximum Gasteiger partial charge on any atom is 0.281 e. The van der Waals surface area contributed by atoms with E-state index in [4.69, 9.17) is 10.8 Å². The number of aliphatic hydroxyl groups excluding tert-OH is 1. The fourth-order valence-electron chi connectivity index (χ4n) is 1.61. The molecule has 0 saturated carbocycles. The molecule has 0 fully saturated rings. The molecule has 0 aromatic heterocycles. The van der Waals surface area contributed by atoms with Crippen molar-refractivity contribution in [1.82, 2.24) is 4.90 Å². The lowest BCUT2D eigenvalue weighted by molar-refractivity contribution is -0.117. The second kappa shape index (κ2) is 4.40. The smallest absolute Gasteiger partial charge is 0.281 e. The SMILES string of the molecule is NC1=NC(=O)C2N=CN(CCCCO)C2=N1. The highest BCUT2D eigenvalue weighted by Gasteiger charge is 2.34. The van der Waals surface area contributed by atoms with E-state index in [2.05, 4.69) is 15.0 Å². The van der Waals surface area contributed by atoms with Gasteiger partial charge in [-0.25, -0.2) is 0 Å². The van der Waals surface area contributed by atoms with Crippen LogP contribution in [0.5, 0.6) is 0 Å². The highest BCUT2D eigenvalue weighted by atomic mass is 16.2. The van der Waals surface area contributed by atoms with Crippen LogP contribution in [0.3, 0.4) is 0 Å². The van der Waals surface area contributed by atoms with Crippen molar-refractivity contribution in [2.24, 2.45) is 20.7 Å². The third kappa shape index (κ3) is 1.94. The van der Waals surface area contributed by atoms with E-state index < -0.39 is 6.04 Å². The van der Waals surface area contributed by atoms with Gasteiger partial charge in [-0.3, -0.25) is 9.79 Å². The van der Waals surface area contributed by atoms with Crippen LogP contribution in [0, 0.1) is 0 Å². The van der Waals surface area contributed by atoms with E-state index in [1.54, 1.807) is 11.2 Å². The molecule has 0 aliphatic carbocycles. The van der Waals surface area contributed by atoms with E-state index in [1.807, 2.05) is 0 Å². The van der Waals surface area contributed by atoms with Crippen LogP contribution in [0.2, 0.25) is 0 Å². The van der Waals surface area contributed by atoms with Gasteiger partial charge >= 0.3 is 0 Å². The molecule has 0 spiro atoms. The van der Waals surface area contributed by atoms with Crippen LogP contribution in [-0.4, -0.2) is 53.2 Å². The highest BCUT2D eigenvalue weighted by molar-refractivity contribution is 6.21. The number of fused-ring (bicyclic) bond motifs is 1. The Hall–Kier alpha value is -1.76. The summed E-state index contributed by atoms with van der Waals surface area (Å²) in [6.07, 6.45) is 3.09. The fourth-order valence-corrected chi connectivity index (χ4v) is 1.61. The van der Waals surface area contributed by atoms with Crippen LogP contribution in [0.4, 0.5) is 0 Å². The normalized spacial score (nSPS) is 23.2. The van der Waals surface area contributed by atoms with Crippen molar-refractivity contribution in [2.75, 3.05) is 13.2 Å². The Bertz CT molecular complexity index is 387. The quantitative estimate of drug-likeness (QED) is 0.579. The van der Waals surface area contributed by atoms with Gasteiger partial charge in [-0.15, -0.1) is 0 Å². The summed E-state index contributed by atoms with van der Waals surface area (Å²) in [5.74, 6) is 0.146. The highest BCUT2D eigenvalue weighted by Crippen LogP contribution is 2.14. The topological polar surface area (TPSA) is 104 Å². The van der Waals surface area contributed by atoms with Gasteiger partial charge in [0.05, 0.1) is 6.34 Å². The van der Waals surface area contributed by atoms with Crippen molar-refractivity contribution in [3.8, 4) is 0 Å². The summed E-state index contributed by atoms with van der Waals surface area (Å²) in [6, 6.07) is -0.624. The number of carbonyl (C=O) groups excluding carboxylic acids is 1. The molecule has 1 atom stereocenters. The number of hydrogen-bond acceptors (Lipinski definition) is 6. The molecular formula is C9H13N5O2. The first-order valence-electron chi connectivity index (χ1n) is 5.10. The molecule has 0 radical (unpaired) electrons. The molecule has 86 valence electrons. The van der Waals surface area contributed by atoms with Crippen LogP contribution in [-0.2, 0) is 4.79 Å². The monoisotopic (exact) mass is 223 g/mol. The number of carbonyl (C=O) groups is 1. The van der Waals surface area contributed by atoms with E-state index in [-0.39, 0.29) is 18.5 Å². The Labute approximate surface area is 92.4 Å². The standard InChI is InChI=1S/C9H13N5O2/c10-9-12-7-6(8(16)13-9)11-5-14(7)3-1-2-4-15/h5-6,15H,1-4H2,(H2,10,13,16). The minimum atomic E-state index is -0.624. The third-order valence-corrected chi connectivity index (χ3v) is 2.39. The van der Waals surface area contributed by atoms with Gasteiger partial charge in [0.1, 0.15) is 5.84 Å². The predicted octanol–water partition coefficient (Wildman–Crippen LogP) is -1.28. The Morgan fingerprint density at radius 2 is 2.25 bits per heavy atom. The number of guanidine groups is 1. The molecule has 0 aromatic rings. The molecule has 2 rings (SSSR count). The largest absolute Gasteiger partial charge is 0.396 e. The summed E-state index contributed by atoms with van der Waals surface area (Å²) in [5, 5.41) is 8.68. The first-order valence-corrected chi connectivity index (χ1v) is 5.10. The van der Waals surface area contributed by atoms with Crippen molar-refractivity contribution in [2.45, 2.75) is 18.9 Å². The van der Waals surface area contributed by atoms with Gasteiger partial charge < -0.3 is 15.7 Å². The fraction of sp³-hybridized carbons (Fsp3) is 0.556. The Morgan fingerprint density at radius 1 is 1.44 bits per heavy atom. The Kier molecular flexibility index (Phi) is 2.95. The van der Waals surface area contributed by atoms with Gasteiger partial charge in [-0.2, -0.15) is 9.98 Å². The van der Waals surface area contributed by atoms with Gasteiger partial charge in [0, 0.05) is 13.2 Å². The molecule has 0 aromatic carbocycles. The second-order valence-corrected chi connectivity index (χ2v) is 3.57. The summed E-state index contributed by atoms with van der Waals surface area (Å²) >= 11 is 0. The van der Waals surface area contributed by atoms with Crippen molar-refractivity contribution >= 4 is 24.0 Å². The first-order chi connectivity index (χ1) is 7.72. The summed E-state index contributed by atoms with van der Waals surface area (Å²) in [5.41, 5.74) is 5.42. The molecule has 2 aliphatic rings. The molecule has 7 heteroatoms. The second-order valence-electron chi connectivity index (χ2n) is 3.57. The van der Waals surface area contributed by atoms with Crippen LogP contribution in [0.1, 0.15) is 12.8 Å². The van der Waals surface area contributed by atoms with Crippen LogP contribution in [0.25, 0.3) is 0 Å². The van der Waals surface area contributed by atoms with Crippen LogP contribution in [0.15, 0.2) is 15.0 Å². The van der Waals surface area contributed by atoms with E-state index in [9.17, 15) is 4.79 Å². The van der Waals surface area contributed by atoms with E-state index >= 15 is 0 Å². The van der Waals surface area contributed by atoms with Crippen LogP contribution < -0.4 is 5.73 Å². The van der Waals surface area contributed by atoms with Crippen molar-refractivity contribution < 1.29 is 9.90 Å². The Morgan fingerprint density at radius 3 is 3.00 bits per heavy atom. The number of rotatable bonds is 4. The summed E-state index contributed by atoms with van der Waals surface area (Å²) in [7, 11) is 0. The van der Waals surface area contributed by atoms with E-state index in [1.165, 1.54) is 0 Å². The van der Waals surface area contributed by atoms with Gasteiger partial charge in [0.25, 0.3) is 5.91 Å². The average molecular weight is 223 g/mol. The lowest BCUT2D eigenvalue weighted by Gasteiger charge is -2.19. The number of aliphatic imine (C=N–C) groups is 3. The summed E-state index contributed by atoms with van der Waals surface area (Å²) in [6.45, 7) is 0.823. The molecule has 2 aliphatic heterocycles. The lowest BCUT2D eigenvalue weighted by atomic mass is 10.2. The van der Waals surface area contributed by atoms with Crippen molar-refractivity contribution in [3.05, 3.63) is 0 Å². The molecule has 2 heterocycles. The van der Waals surface area contributed by atoms with E-state index in [0.29, 0.717) is 18.8 Å². The number of aliphatic hydroxyl groups is 1. The summed E-state index contributed by atoms with van der Waals surface area (Å²) in [4.78, 5) is 24.8. The third-order valence-electron chi connectivity index (χ3n) is 2.39. The molecule has 7 nitrogen and oxygen atoms in total. The molecule has 0 saturated heterocycles. The molecular weight excluding hydrogens is 210 g/mol. The first kappa shape index (κ1) is 10.7. The van der Waals surface area contributed by atoms with Gasteiger partial charge in [0.15, 0.2) is 6.04 Å². The minimum absolute atomic E-state index is 0.0195. The zero-order valence-electron chi connectivity index (χ0n) is 8.70. The van der Waals surface area contributed by atoms with E-state index in [0.717, 1.165) is 6.42 Å². The Balaban J connectivity index is 2.05. The molecule has 3 N–H and O–H groups in total. The van der Waals surface area contributed by atoms with Gasteiger partial charge in [0.2, 0.25) is 5.96 Å². The van der Waals surface area contributed by atoms with Gasteiger partial charge in [-0.1, -0.05) is 0 Å². The molecule has 1 unspecified atom stereocenters. The molecule has 16 heavy (non-hydrogen) atoms. The average Bonchev–Trinajstić information content (AvgIpc) is 2.62. The molecule has 0 bridgehead atoms. The maximum atomic E-state index is 11.4. The number of nitrogens with zero attached hydrogens (tertiary/aromatic N) is 4. The maximum absolute atomic E-state index is 11.4. The van der Waals surface area contributed by atoms with Crippen LogP contribution >= 0.6 is 0 Å². The van der Waals surface area contributed by atoms with Crippen molar-refractivity contribution in [3.63, 3.8) is 0 Å².